The topological polar surface area (TPSA) is 79.5 Å². The maximum Gasteiger partial charge on any atom is 0.258 e. The number of rotatable bonds is 4. The molecule has 0 aromatic carbocycles. The third kappa shape index (κ3) is 4.03. The van der Waals surface area contributed by atoms with E-state index in [0.717, 1.165) is 25.7 Å². The van der Waals surface area contributed by atoms with Gasteiger partial charge in [0.15, 0.2) is 11.6 Å². The van der Waals surface area contributed by atoms with Gasteiger partial charge in [0.1, 0.15) is 5.03 Å². The molecule has 2 fully saturated rings. The lowest BCUT2D eigenvalue weighted by molar-refractivity contribution is -0.136. The second kappa shape index (κ2) is 8.57. The van der Waals surface area contributed by atoms with Crippen molar-refractivity contribution in [3.05, 3.63) is 29.7 Å². The molecule has 4 rings (SSSR count). The molecule has 0 spiro atoms. The number of amides is 2. The Labute approximate surface area is 174 Å². The molecule has 3 heterocycles. The number of hydrogen-bond donors (Lipinski definition) is 0. The Morgan fingerprint density at radius 3 is 2.41 bits per heavy atom. The zero-order valence-electron chi connectivity index (χ0n) is 16.9. The van der Waals surface area contributed by atoms with Crippen LogP contribution in [0, 0.1) is 12.8 Å². The van der Waals surface area contributed by atoms with Crippen molar-refractivity contribution in [1.82, 2.24) is 19.8 Å². The minimum atomic E-state index is -0.0641. The van der Waals surface area contributed by atoms with Gasteiger partial charge in [-0.05, 0) is 38.2 Å². The smallest absolute Gasteiger partial charge is 0.258 e. The third-order valence-corrected chi connectivity index (χ3v) is 6.47. The van der Waals surface area contributed by atoms with Crippen LogP contribution in [0.1, 0.15) is 41.7 Å². The van der Waals surface area contributed by atoms with Gasteiger partial charge in [-0.15, -0.1) is 11.8 Å². The highest BCUT2D eigenvalue weighted by molar-refractivity contribution is 7.98. The highest BCUT2D eigenvalue weighted by atomic mass is 32.2. The van der Waals surface area contributed by atoms with Gasteiger partial charge in [-0.1, -0.05) is 12.8 Å². The van der Waals surface area contributed by atoms with Crippen LogP contribution < -0.4 is 0 Å². The molecule has 2 amide bonds. The largest absolute Gasteiger partial charge is 0.461 e. The van der Waals surface area contributed by atoms with Gasteiger partial charge in [-0.25, -0.2) is 9.97 Å². The third-order valence-electron chi connectivity index (χ3n) is 5.79. The summed E-state index contributed by atoms with van der Waals surface area (Å²) in [5, 5.41) is 0.651. The summed E-state index contributed by atoms with van der Waals surface area (Å²) in [6, 6.07) is 3.60. The van der Waals surface area contributed by atoms with Crippen LogP contribution in [0.3, 0.4) is 0 Å². The molecule has 1 saturated heterocycles. The van der Waals surface area contributed by atoms with Crippen molar-refractivity contribution in [2.75, 3.05) is 32.4 Å². The molecular formula is C21H26N4O3S. The van der Waals surface area contributed by atoms with Gasteiger partial charge >= 0.3 is 0 Å². The number of piperazine rings is 1. The van der Waals surface area contributed by atoms with Crippen molar-refractivity contribution < 1.29 is 14.0 Å². The standard InChI is InChI=1S/C21H26N4O3S/c1-14-17(19(29-2)23-18(22-14)16-8-5-13-28-16)21(27)25-11-9-24(10-12-25)20(26)15-6-3-4-7-15/h5,8,13,15H,3-4,6-7,9-12H2,1-2H3. The van der Waals surface area contributed by atoms with Gasteiger partial charge in [0.25, 0.3) is 5.91 Å². The van der Waals surface area contributed by atoms with Crippen LogP contribution in [-0.4, -0.2) is 64.0 Å². The monoisotopic (exact) mass is 414 g/mol. The molecule has 8 heteroatoms. The number of thioether (sulfide) groups is 1. The van der Waals surface area contributed by atoms with Crippen molar-refractivity contribution >= 4 is 23.6 Å². The fourth-order valence-electron chi connectivity index (χ4n) is 4.18. The minimum absolute atomic E-state index is 0.0641. The fourth-order valence-corrected chi connectivity index (χ4v) is 4.79. The quantitative estimate of drug-likeness (QED) is 0.564. The van der Waals surface area contributed by atoms with E-state index in [-0.39, 0.29) is 17.7 Å². The molecular weight excluding hydrogens is 388 g/mol. The van der Waals surface area contributed by atoms with Crippen molar-refractivity contribution in [3.8, 4) is 11.6 Å². The maximum absolute atomic E-state index is 13.2. The number of carbonyl (C=O) groups is 2. The molecule has 29 heavy (non-hydrogen) atoms. The van der Waals surface area contributed by atoms with Crippen molar-refractivity contribution in [1.29, 1.82) is 0 Å². The highest BCUT2D eigenvalue weighted by Gasteiger charge is 2.32. The predicted molar refractivity (Wildman–Crippen MR) is 111 cm³/mol. The van der Waals surface area contributed by atoms with Crippen LogP contribution in [0.15, 0.2) is 27.8 Å². The second-order valence-electron chi connectivity index (χ2n) is 7.59. The Kier molecular flexibility index (Phi) is 5.89. The summed E-state index contributed by atoms with van der Waals surface area (Å²) in [4.78, 5) is 38.7. The normalized spacial score (nSPS) is 17.7. The molecule has 1 aliphatic carbocycles. The first-order chi connectivity index (χ1) is 14.1. The van der Waals surface area contributed by atoms with E-state index in [2.05, 4.69) is 9.97 Å². The van der Waals surface area contributed by atoms with Gasteiger partial charge in [-0.3, -0.25) is 9.59 Å². The maximum atomic E-state index is 13.2. The van der Waals surface area contributed by atoms with E-state index in [9.17, 15) is 9.59 Å². The first-order valence-corrected chi connectivity index (χ1v) is 11.4. The van der Waals surface area contributed by atoms with Crippen LogP contribution in [0.5, 0.6) is 0 Å². The molecule has 2 aromatic heterocycles. The molecule has 2 aromatic rings. The number of aromatic nitrogens is 2. The van der Waals surface area contributed by atoms with Crippen LogP contribution >= 0.6 is 11.8 Å². The summed E-state index contributed by atoms with van der Waals surface area (Å²) in [7, 11) is 0. The summed E-state index contributed by atoms with van der Waals surface area (Å²) in [5.74, 6) is 1.46. The van der Waals surface area contributed by atoms with Crippen LogP contribution in [-0.2, 0) is 4.79 Å². The lowest BCUT2D eigenvalue weighted by Crippen LogP contribution is -2.52. The average molecular weight is 415 g/mol. The van der Waals surface area contributed by atoms with Crippen molar-refractivity contribution in [3.63, 3.8) is 0 Å². The predicted octanol–water partition coefficient (Wildman–Crippen LogP) is 3.24. The van der Waals surface area contributed by atoms with Gasteiger partial charge in [-0.2, -0.15) is 0 Å². The van der Waals surface area contributed by atoms with E-state index >= 15 is 0 Å². The summed E-state index contributed by atoms with van der Waals surface area (Å²) in [6.45, 7) is 4.12. The van der Waals surface area contributed by atoms with Crippen LogP contribution in [0.2, 0.25) is 0 Å². The van der Waals surface area contributed by atoms with Crippen molar-refractivity contribution in [2.45, 2.75) is 37.6 Å². The van der Waals surface area contributed by atoms with E-state index in [4.69, 9.17) is 4.42 Å². The van der Waals surface area contributed by atoms with E-state index in [0.29, 0.717) is 54.0 Å². The van der Waals surface area contributed by atoms with Gasteiger partial charge in [0.2, 0.25) is 5.91 Å². The number of nitrogens with zero attached hydrogens (tertiary/aromatic N) is 4. The molecule has 0 radical (unpaired) electrons. The van der Waals surface area contributed by atoms with Crippen LogP contribution in [0.4, 0.5) is 0 Å². The van der Waals surface area contributed by atoms with Crippen molar-refractivity contribution in [2.24, 2.45) is 5.92 Å². The second-order valence-corrected chi connectivity index (χ2v) is 8.39. The Bertz CT molecular complexity index is 886. The molecule has 0 bridgehead atoms. The Hall–Kier alpha value is -2.35. The first-order valence-electron chi connectivity index (χ1n) is 10.1. The average Bonchev–Trinajstić information content (AvgIpc) is 3.46. The first kappa shape index (κ1) is 19.9. The minimum Gasteiger partial charge on any atom is -0.461 e. The zero-order valence-corrected chi connectivity index (χ0v) is 17.7. The summed E-state index contributed by atoms with van der Waals surface area (Å²) in [5.41, 5.74) is 1.19. The summed E-state index contributed by atoms with van der Waals surface area (Å²) in [6.07, 6.45) is 7.81. The molecule has 154 valence electrons. The molecule has 7 nitrogen and oxygen atoms in total. The molecule has 0 atom stereocenters. The SMILES string of the molecule is CSc1nc(-c2ccco2)nc(C)c1C(=O)N1CCN(C(=O)C2CCCC2)CC1. The number of furan rings is 1. The molecule has 0 unspecified atom stereocenters. The molecule has 0 N–H and O–H groups in total. The summed E-state index contributed by atoms with van der Waals surface area (Å²) < 4.78 is 5.40. The Balaban J connectivity index is 1.48. The Morgan fingerprint density at radius 1 is 1.10 bits per heavy atom. The fraction of sp³-hybridized carbons (Fsp3) is 0.524. The molecule has 2 aliphatic rings. The number of aryl methyl sites for hydroxylation is 1. The van der Waals surface area contributed by atoms with E-state index in [1.54, 1.807) is 18.4 Å². The zero-order chi connectivity index (χ0) is 20.4. The van der Waals surface area contributed by atoms with E-state index < -0.39 is 0 Å². The Morgan fingerprint density at radius 2 is 1.79 bits per heavy atom. The van der Waals surface area contributed by atoms with E-state index in [1.807, 2.05) is 23.0 Å². The van der Waals surface area contributed by atoms with Gasteiger partial charge in [0.05, 0.1) is 17.5 Å². The highest BCUT2D eigenvalue weighted by Crippen LogP contribution is 2.28. The van der Waals surface area contributed by atoms with E-state index in [1.165, 1.54) is 11.8 Å². The van der Waals surface area contributed by atoms with Gasteiger partial charge < -0.3 is 14.2 Å². The lowest BCUT2D eigenvalue weighted by Gasteiger charge is -2.36. The molecule has 1 saturated carbocycles. The lowest BCUT2D eigenvalue weighted by atomic mass is 10.1. The summed E-state index contributed by atoms with van der Waals surface area (Å²) >= 11 is 1.43. The molecule has 1 aliphatic heterocycles. The van der Waals surface area contributed by atoms with Gasteiger partial charge in [0, 0.05) is 32.1 Å². The number of carbonyl (C=O) groups excluding carboxylic acids is 2. The van der Waals surface area contributed by atoms with Crippen LogP contribution in [0.25, 0.3) is 11.6 Å². The number of hydrogen-bond acceptors (Lipinski definition) is 6.